The summed E-state index contributed by atoms with van der Waals surface area (Å²) in [5.74, 6) is 0.916. The molecular weight excluding hydrogens is 438 g/mol. The summed E-state index contributed by atoms with van der Waals surface area (Å²) in [6, 6.07) is 5.03. The number of ether oxygens (including phenoxy) is 4. The third-order valence-electron chi connectivity index (χ3n) is 5.83. The average molecular weight is 470 g/mol. The van der Waals surface area contributed by atoms with Crippen LogP contribution in [0.1, 0.15) is 33.5 Å². The summed E-state index contributed by atoms with van der Waals surface area (Å²) in [6.45, 7) is 1.24. The highest BCUT2D eigenvalue weighted by molar-refractivity contribution is 6.11. The van der Waals surface area contributed by atoms with Crippen LogP contribution in [0.25, 0.3) is 11.6 Å². The van der Waals surface area contributed by atoms with Gasteiger partial charge in [-0.2, -0.15) is 0 Å². The molecule has 8 heteroatoms. The van der Waals surface area contributed by atoms with Crippen molar-refractivity contribution >= 4 is 17.4 Å². The SMILES string of the molecule is COc1cc(C=CC(=O)c2c(OC)cc(CO)c(C3=CCN(C)CC3)c2O)cc(OC)c1OC. The molecule has 0 saturated heterocycles. The van der Waals surface area contributed by atoms with Crippen LogP contribution in [-0.2, 0) is 6.61 Å². The third-order valence-corrected chi connectivity index (χ3v) is 5.83. The number of benzene rings is 2. The molecule has 0 aliphatic carbocycles. The van der Waals surface area contributed by atoms with Crippen molar-refractivity contribution in [2.24, 2.45) is 0 Å². The van der Waals surface area contributed by atoms with Crippen molar-refractivity contribution in [3.8, 4) is 28.7 Å². The quantitative estimate of drug-likeness (QED) is 0.425. The number of aromatic hydroxyl groups is 1. The second kappa shape index (κ2) is 11.1. The van der Waals surface area contributed by atoms with Gasteiger partial charge in [0.05, 0.1) is 35.0 Å². The second-order valence-corrected chi connectivity index (χ2v) is 7.89. The molecule has 0 unspecified atom stereocenters. The number of aliphatic hydroxyl groups excluding tert-OH is 1. The fourth-order valence-corrected chi connectivity index (χ4v) is 4.03. The van der Waals surface area contributed by atoms with Crippen LogP contribution in [0, 0.1) is 0 Å². The van der Waals surface area contributed by atoms with E-state index in [2.05, 4.69) is 4.90 Å². The van der Waals surface area contributed by atoms with E-state index in [-0.39, 0.29) is 23.7 Å². The lowest BCUT2D eigenvalue weighted by Gasteiger charge is -2.25. The zero-order valence-electron chi connectivity index (χ0n) is 20.2. The summed E-state index contributed by atoms with van der Waals surface area (Å²) in [6.07, 6.45) is 5.65. The van der Waals surface area contributed by atoms with Gasteiger partial charge in [-0.25, -0.2) is 0 Å². The van der Waals surface area contributed by atoms with Crippen LogP contribution < -0.4 is 18.9 Å². The number of methoxy groups -OCH3 is 4. The van der Waals surface area contributed by atoms with Gasteiger partial charge in [-0.1, -0.05) is 12.2 Å². The van der Waals surface area contributed by atoms with Crippen molar-refractivity contribution in [1.29, 1.82) is 0 Å². The first-order valence-electron chi connectivity index (χ1n) is 10.8. The maximum Gasteiger partial charge on any atom is 0.203 e. The Morgan fingerprint density at radius 2 is 1.68 bits per heavy atom. The average Bonchev–Trinajstić information content (AvgIpc) is 2.86. The summed E-state index contributed by atoms with van der Waals surface area (Å²) in [7, 11) is 7.98. The van der Waals surface area contributed by atoms with Crippen LogP contribution in [0.4, 0.5) is 0 Å². The minimum atomic E-state index is -0.442. The summed E-state index contributed by atoms with van der Waals surface area (Å²) >= 11 is 0. The molecule has 0 bridgehead atoms. The molecule has 0 saturated carbocycles. The fourth-order valence-electron chi connectivity index (χ4n) is 4.03. The van der Waals surface area contributed by atoms with Gasteiger partial charge >= 0.3 is 0 Å². The number of rotatable bonds is 9. The largest absolute Gasteiger partial charge is 0.506 e. The van der Waals surface area contributed by atoms with Crippen molar-refractivity contribution in [3.63, 3.8) is 0 Å². The first-order valence-corrected chi connectivity index (χ1v) is 10.8. The molecule has 1 heterocycles. The third kappa shape index (κ3) is 5.03. The Hall–Kier alpha value is -3.49. The minimum absolute atomic E-state index is 0.0400. The molecule has 3 rings (SSSR count). The topological polar surface area (TPSA) is 97.7 Å². The van der Waals surface area contributed by atoms with E-state index in [0.717, 1.165) is 18.7 Å². The first-order chi connectivity index (χ1) is 16.4. The van der Waals surface area contributed by atoms with E-state index in [0.29, 0.717) is 40.4 Å². The Bertz CT molecular complexity index is 1100. The molecule has 0 radical (unpaired) electrons. The molecule has 8 nitrogen and oxygen atoms in total. The molecule has 0 amide bonds. The molecule has 2 aromatic carbocycles. The predicted octanol–water partition coefficient (Wildman–Crippen LogP) is 3.53. The van der Waals surface area contributed by atoms with Crippen LogP contribution in [0.3, 0.4) is 0 Å². The van der Waals surface area contributed by atoms with Crippen molar-refractivity contribution in [2.45, 2.75) is 13.0 Å². The van der Waals surface area contributed by atoms with Gasteiger partial charge < -0.3 is 34.1 Å². The summed E-state index contributed by atoms with van der Waals surface area (Å²) in [5, 5.41) is 21.1. The molecule has 2 N–H and O–H groups in total. The van der Waals surface area contributed by atoms with E-state index in [1.165, 1.54) is 34.5 Å². The number of phenolic OH excluding ortho intramolecular Hbond substituents is 1. The number of carbonyl (C=O) groups excluding carboxylic acids is 1. The zero-order chi connectivity index (χ0) is 24.8. The van der Waals surface area contributed by atoms with E-state index >= 15 is 0 Å². The van der Waals surface area contributed by atoms with E-state index in [1.807, 2.05) is 13.1 Å². The molecule has 0 fully saturated rings. The first kappa shape index (κ1) is 25.1. The van der Waals surface area contributed by atoms with E-state index in [1.54, 1.807) is 24.3 Å². The van der Waals surface area contributed by atoms with Gasteiger partial charge in [0.25, 0.3) is 0 Å². The Morgan fingerprint density at radius 1 is 1.03 bits per heavy atom. The molecule has 182 valence electrons. The minimum Gasteiger partial charge on any atom is -0.506 e. The van der Waals surface area contributed by atoms with Crippen molar-refractivity contribution in [3.05, 3.63) is 52.6 Å². The number of likely N-dealkylation sites (N-methyl/N-ethyl adjacent to an activating group) is 1. The number of nitrogens with zero attached hydrogens (tertiary/aromatic N) is 1. The molecule has 34 heavy (non-hydrogen) atoms. The highest BCUT2D eigenvalue weighted by Gasteiger charge is 2.25. The number of hydrogen-bond acceptors (Lipinski definition) is 8. The molecule has 0 atom stereocenters. The van der Waals surface area contributed by atoms with Crippen molar-refractivity contribution < 1.29 is 34.0 Å². The van der Waals surface area contributed by atoms with Crippen molar-refractivity contribution in [1.82, 2.24) is 4.90 Å². The lowest BCUT2D eigenvalue weighted by molar-refractivity contribution is 0.104. The van der Waals surface area contributed by atoms with Gasteiger partial charge in [-0.05, 0) is 54.4 Å². The number of phenols is 1. The highest BCUT2D eigenvalue weighted by Crippen LogP contribution is 2.41. The van der Waals surface area contributed by atoms with E-state index in [4.69, 9.17) is 18.9 Å². The second-order valence-electron chi connectivity index (χ2n) is 7.89. The highest BCUT2D eigenvalue weighted by atomic mass is 16.5. The number of hydrogen-bond donors (Lipinski definition) is 2. The maximum absolute atomic E-state index is 13.2. The van der Waals surface area contributed by atoms with Gasteiger partial charge in [-0.3, -0.25) is 4.79 Å². The Labute approximate surface area is 199 Å². The van der Waals surface area contributed by atoms with Crippen LogP contribution in [0.15, 0.2) is 30.4 Å². The molecule has 0 spiro atoms. The summed E-state index contributed by atoms with van der Waals surface area (Å²) in [4.78, 5) is 15.4. The normalized spacial score (nSPS) is 14.1. The predicted molar refractivity (Wildman–Crippen MR) is 130 cm³/mol. The van der Waals surface area contributed by atoms with Gasteiger partial charge in [0, 0.05) is 18.7 Å². The molecule has 1 aliphatic rings. The summed E-state index contributed by atoms with van der Waals surface area (Å²) in [5.41, 5.74) is 2.57. The number of carbonyl (C=O) groups is 1. The Kier molecular flexibility index (Phi) is 8.20. The Balaban J connectivity index is 2.05. The van der Waals surface area contributed by atoms with Gasteiger partial charge in [0.2, 0.25) is 5.75 Å². The zero-order valence-corrected chi connectivity index (χ0v) is 20.2. The van der Waals surface area contributed by atoms with Gasteiger partial charge in [0.1, 0.15) is 17.1 Å². The molecule has 2 aromatic rings. The van der Waals surface area contributed by atoms with Crippen LogP contribution in [0.2, 0.25) is 0 Å². The molecular formula is C26H31NO7. The number of ketones is 1. The van der Waals surface area contributed by atoms with Crippen LogP contribution in [0.5, 0.6) is 28.7 Å². The molecule has 1 aliphatic heterocycles. The summed E-state index contributed by atoms with van der Waals surface area (Å²) < 4.78 is 21.5. The Morgan fingerprint density at radius 3 is 2.18 bits per heavy atom. The standard InChI is InChI=1S/C26H31NO7/c1-27-10-8-17(9-11-27)23-18(15-28)14-20(31-2)24(25(23)30)19(29)7-6-16-12-21(32-3)26(34-5)22(13-16)33-4/h6-8,12-14,28,30H,9-11,15H2,1-5H3. The molecule has 0 aromatic heterocycles. The van der Waals surface area contributed by atoms with E-state index < -0.39 is 5.78 Å². The lowest BCUT2D eigenvalue weighted by atomic mass is 9.90. The monoisotopic (exact) mass is 469 g/mol. The van der Waals surface area contributed by atoms with Crippen LogP contribution >= 0.6 is 0 Å². The smallest absolute Gasteiger partial charge is 0.203 e. The van der Waals surface area contributed by atoms with Crippen molar-refractivity contribution in [2.75, 3.05) is 48.6 Å². The van der Waals surface area contributed by atoms with Crippen LogP contribution in [-0.4, -0.2) is 69.5 Å². The van der Waals surface area contributed by atoms with E-state index in [9.17, 15) is 15.0 Å². The van der Waals surface area contributed by atoms with Gasteiger partial charge in [-0.15, -0.1) is 0 Å². The lowest BCUT2D eigenvalue weighted by Crippen LogP contribution is -2.24. The number of allylic oxidation sites excluding steroid dienone is 1. The van der Waals surface area contributed by atoms with Gasteiger partial charge in [0.15, 0.2) is 17.3 Å². The fraction of sp³-hybridized carbons (Fsp3) is 0.346. The maximum atomic E-state index is 13.2. The number of aliphatic hydroxyl groups is 1.